The molecule has 2 saturated heterocycles. The van der Waals surface area contributed by atoms with Gasteiger partial charge in [0.25, 0.3) is 0 Å². The first kappa shape index (κ1) is 44.1. The first-order valence-corrected chi connectivity index (χ1v) is 22.0. The van der Waals surface area contributed by atoms with Gasteiger partial charge in [0.2, 0.25) is 18.2 Å². The van der Waals surface area contributed by atoms with E-state index in [0.29, 0.717) is 37.8 Å². The van der Waals surface area contributed by atoms with Crippen LogP contribution in [0.25, 0.3) is 44.2 Å². The largest absolute Gasteiger partial charge is 0.488 e. The van der Waals surface area contributed by atoms with E-state index in [9.17, 15) is 19.5 Å². The predicted molar refractivity (Wildman–Crippen MR) is 237 cm³/mol. The quantitative estimate of drug-likeness (QED) is 0.0759. The summed E-state index contributed by atoms with van der Waals surface area (Å²) >= 11 is 0. The summed E-state index contributed by atoms with van der Waals surface area (Å²) in [6, 6.07) is 12.7. The van der Waals surface area contributed by atoms with Gasteiger partial charge in [0, 0.05) is 43.7 Å². The standard InChI is InChI=1S/C47H60N8O8/c1-9-25(4)40(53-47(59)62-8)45(57)55-26(5)10-15-36(55)42-48-20-35(50-42)29-11-13-31-30(17-29)23-63-38-19-32-28(18-33(31)38)12-14-34-41(32)51-43(49-34)37-16-27(22-60-6)21-54(37)44(56)39(24(2)3)52-46(58)61-7/h11-14,17-20,24-27,36-37,39-40,46,52,58H,9-10,15-16,21-23H2,1-8H3,(H,48,50)(H,49,51)(H,53,59)/t25-,26-,27-,36-,37-,39-,40?,46?/m0/s1. The second kappa shape index (κ2) is 18.3. The van der Waals surface area contributed by atoms with Crippen molar-refractivity contribution in [3.63, 3.8) is 0 Å². The zero-order valence-corrected chi connectivity index (χ0v) is 37.4. The molecule has 16 nitrogen and oxygen atoms in total. The van der Waals surface area contributed by atoms with Gasteiger partial charge in [-0.1, -0.05) is 52.3 Å². The highest BCUT2D eigenvalue weighted by Gasteiger charge is 2.43. The molecule has 2 aromatic heterocycles. The Morgan fingerprint density at radius 3 is 2.51 bits per heavy atom. The van der Waals surface area contributed by atoms with Crippen molar-refractivity contribution in [2.75, 3.05) is 34.5 Å². The molecule has 2 fully saturated rings. The Kier molecular flexibility index (Phi) is 12.8. The van der Waals surface area contributed by atoms with E-state index in [0.717, 1.165) is 74.8 Å². The van der Waals surface area contributed by atoms with E-state index >= 15 is 0 Å². The smallest absolute Gasteiger partial charge is 0.407 e. The van der Waals surface area contributed by atoms with Gasteiger partial charge in [-0.3, -0.25) is 14.9 Å². The third kappa shape index (κ3) is 8.48. The number of fused-ring (bicyclic) bond motifs is 6. The van der Waals surface area contributed by atoms with Gasteiger partial charge in [0.05, 0.1) is 54.8 Å². The summed E-state index contributed by atoms with van der Waals surface area (Å²) in [5.74, 6) is 1.85. The number of ether oxygens (including phenoxy) is 4. The second-order valence-electron chi connectivity index (χ2n) is 17.7. The average Bonchev–Trinajstić information content (AvgIpc) is 4.11. The molecule has 63 heavy (non-hydrogen) atoms. The zero-order valence-electron chi connectivity index (χ0n) is 37.4. The van der Waals surface area contributed by atoms with Gasteiger partial charge in [-0.15, -0.1) is 0 Å². The molecule has 3 aromatic carbocycles. The molecular formula is C47H60N8O8. The molecule has 336 valence electrons. The van der Waals surface area contributed by atoms with Crippen LogP contribution in [0.5, 0.6) is 5.75 Å². The van der Waals surface area contributed by atoms with Crippen molar-refractivity contribution in [3.8, 4) is 28.1 Å². The lowest BCUT2D eigenvalue weighted by Gasteiger charge is -2.33. The lowest BCUT2D eigenvalue weighted by atomic mass is 9.92. The minimum Gasteiger partial charge on any atom is -0.488 e. The Morgan fingerprint density at radius 1 is 0.968 bits per heavy atom. The van der Waals surface area contributed by atoms with Crippen LogP contribution in [0.4, 0.5) is 4.79 Å². The monoisotopic (exact) mass is 864 g/mol. The van der Waals surface area contributed by atoms with Gasteiger partial charge in [-0.05, 0) is 84.4 Å². The average molecular weight is 865 g/mol. The van der Waals surface area contributed by atoms with Crippen LogP contribution < -0.4 is 15.4 Å². The van der Waals surface area contributed by atoms with E-state index in [1.807, 2.05) is 56.7 Å². The number of nitrogens with zero attached hydrogens (tertiary/aromatic N) is 4. The first-order valence-electron chi connectivity index (χ1n) is 22.0. The van der Waals surface area contributed by atoms with Crippen LogP contribution in [-0.4, -0.2) is 112 Å². The number of carbonyl (C=O) groups excluding carboxylic acids is 3. The van der Waals surface area contributed by atoms with E-state index in [1.54, 1.807) is 7.11 Å². The summed E-state index contributed by atoms with van der Waals surface area (Å²) in [4.78, 5) is 61.1. The number of benzene rings is 3. The summed E-state index contributed by atoms with van der Waals surface area (Å²) in [6.45, 7) is 11.3. The number of aromatic amines is 2. The van der Waals surface area contributed by atoms with Crippen molar-refractivity contribution in [1.82, 2.24) is 40.4 Å². The van der Waals surface area contributed by atoms with Gasteiger partial charge in [0.1, 0.15) is 30.0 Å². The van der Waals surface area contributed by atoms with Gasteiger partial charge >= 0.3 is 6.09 Å². The molecule has 5 N–H and O–H groups in total. The number of nitrogens with one attached hydrogen (secondary N) is 4. The van der Waals surface area contributed by atoms with Crippen LogP contribution in [-0.2, 0) is 30.4 Å². The van der Waals surface area contributed by atoms with Crippen LogP contribution in [0.1, 0.15) is 89.6 Å². The molecule has 3 amide bonds. The van der Waals surface area contributed by atoms with E-state index in [4.69, 9.17) is 28.9 Å². The summed E-state index contributed by atoms with van der Waals surface area (Å²) in [7, 11) is 4.36. The van der Waals surface area contributed by atoms with Crippen LogP contribution in [0, 0.1) is 17.8 Å². The molecule has 2 unspecified atom stereocenters. The number of likely N-dealkylation sites (tertiary alicyclic amines) is 2. The highest BCUT2D eigenvalue weighted by atomic mass is 16.6. The Labute approximate surface area is 367 Å². The number of H-pyrrole nitrogens is 2. The van der Waals surface area contributed by atoms with E-state index in [2.05, 4.69) is 57.0 Å². The Bertz CT molecular complexity index is 2480. The van der Waals surface area contributed by atoms with Crippen LogP contribution in [0.15, 0.2) is 48.7 Å². The molecule has 0 spiro atoms. The van der Waals surface area contributed by atoms with Gasteiger partial charge < -0.3 is 49.1 Å². The highest BCUT2D eigenvalue weighted by molar-refractivity contribution is 6.07. The third-order valence-electron chi connectivity index (χ3n) is 13.3. The van der Waals surface area contributed by atoms with Crippen molar-refractivity contribution in [3.05, 3.63) is 65.9 Å². The molecule has 8 atom stereocenters. The van der Waals surface area contributed by atoms with E-state index < -0.39 is 24.6 Å². The minimum atomic E-state index is -1.27. The van der Waals surface area contributed by atoms with E-state index in [-0.39, 0.29) is 47.7 Å². The van der Waals surface area contributed by atoms with Crippen molar-refractivity contribution in [1.29, 1.82) is 0 Å². The van der Waals surface area contributed by atoms with Crippen LogP contribution in [0.3, 0.4) is 0 Å². The number of amides is 3. The predicted octanol–water partition coefficient (Wildman–Crippen LogP) is 6.56. The Morgan fingerprint density at radius 2 is 1.78 bits per heavy atom. The lowest BCUT2D eigenvalue weighted by molar-refractivity contribution is -0.145. The molecule has 3 aliphatic rings. The molecule has 0 aliphatic carbocycles. The maximum absolute atomic E-state index is 14.1. The number of aromatic nitrogens is 4. The number of hydrogen-bond donors (Lipinski definition) is 5. The van der Waals surface area contributed by atoms with Gasteiger partial charge in [-0.25, -0.2) is 14.8 Å². The Hall–Kier alpha value is -5.55. The fraction of sp³-hybridized carbons (Fsp3) is 0.511. The molecule has 16 heteroatoms. The maximum atomic E-state index is 14.1. The topological polar surface area (TPSA) is 196 Å². The summed E-state index contributed by atoms with van der Waals surface area (Å²) < 4.78 is 21.9. The molecule has 5 heterocycles. The molecule has 0 radical (unpaired) electrons. The molecule has 5 aromatic rings. The number of alkyl carbamates (subject to hydrolysis) is 1. The van der Waals surface area contributed by atoms with Crippen molar-refractivity contribution >= 4 is 39.7 Å². The van der Waals surface area contributed by atoms with Crippen molar-refractivity contribution in [2.45, 2.75) is 104 Å². The molecule has 8 rings (SSSR count). The number of aliphatic hydroxyl groups excluding tert-OH is 1. The number of imidazole rings is 2. The Balaban J connectivity index is 1.05. The third-order valence-corrected chi connectivity index (χ3v) is 13.3. The highest BCUT2D eigenvalue weighted by Crippen LogP contribution is 2.44. The normalized spacial score (nSPS) is 21.6. The lowest BCUT2D eigenvalue weighted by Crippen LogP contribution is -2.53. The van der Waals surface area contributed by atoms with Crippen molar-refractivity contribution in [2.24, 2.45) is 17.8 Å². The van der Waals surface area contributed by atoms with Gasteiger partial charge in [0.15, 0.2) is 0 Å². The molecule has 3 aliphatic heterocycles. The maximum Gasteiger partial charge on any atom is 0.407 e. The zero-order chi connectivity index (χ0) is 44.7. The number of hydrogen-bond acceptors (Lipinski definition) is 11. The number of aliphatic hydroxyl groups is 1. The van der Waals surface area contributed by atoms with Crippen LogP contribution in [0.2, 0.25) is 0 Å². The fourth-order valence-electron chi connectivity index (χ4n) is 9.67. The summed E-state index contributed by atoms with van der Waals surface area (Å²) in [6.07, 6.45) is 2.90. The molecular weight excluding hydrogens is 805 g/mol. The number of carbonyl (C=O) groups is 3. The van der Waals surface area contributed by atoms with Gasteiger partial charge in [-0.2, -0.15) is 0 Å². The molecule has 0 bridgehead atoms. The number of rotatable bonds is 14. The van der Waals surface area contributed by atoms with Crippen LogP contribution >= 0.6 is 0 Å². The number of methoxy groups -OCH3 is 3. The summed E-state index contributed by atoms with van der Waals surface area (Å²) in [5.41, 5.74) is 6.56. The minimum absolute atomic E-state index is 0.0177. The first-order chi connectivity index (χ1) is 30.3. The second-order valence-corrected chi connectivity index (χ2v) is 17.7. The summed E-state index contributed by atoms with van der Waals surface area (Å²) in [5, 5.41) is 17.9. The fourth-order valence-corrected chi connectivity index (χ4v) is 9.67. The molecule has 0 saturated carbocycles. The van der Waals surface area contributed by atoms with Crippen molar-refractivity contribution < 1.29 is 38.4 Å². The van der Waals surface area contributed by atoms with E-state index in [1.165, 1.54) is 14.2 Å². The SMILES string of the molecule is CC[C@H](C)C(NC(=O)OC)C(=O)N1[C@@H](C)CC[C@H]1c1ncc(-c2ccc3c(c2)COc2cc4c(ccc5[nH]c([C@@H]6C[C@H](COC)CN6C(=O)[C@@H](NC(O)OC)C(C)C)nc54)cc2-3)[nH]1.